The number of methoxy groups -OCH3 is 1. The van der Waals surface area contributed by atoms with Crippen molar-refractivity contribution in [3.8, 4) is 0 Å². The van der Waals surface area contributed by atoms with Crippen molar-refractivity contribution < 1.29 is 19.0 Å². The normalized spacial score (nSPS) is 32.2. The summed E-state index contributed by atoms with van der Waals surface area (Å²) in [6, 6.07) is 0. The average Bonchev–Trinajstić information content (AvgIpc) is 3.43. The van der Waals surface area contributed by atoms with Crippen LogP contribution in [0.2, 0.25) is 0 Å². The van der Waals surface area contributed by atoms with E-state index >= 15 is 0 Å². The maximum absolute atomic E-state index is 11.1. The highest BCUT2D eigenvalue weighted by Crippen LogP contribution is 2.50. The number of hydrogen-bond donors (Lipinski definition) is 1. The Hall–Kier alpha value is -1.33. The quantitative estimate of drug-likeness (QED) is 0.480. The van der Waals surface area contributed by atoms with E-state index in [-0.39, 0.29) is 23.7 Å². The van der Waals surface area contributed by atoms with Gasteiger partial charge in [-0.15, -0.1) is 0 Å². The van der Waals surface area contributed by atoms with Crippen LogP contribution in [0.4, 0.5) is 4.79 Å². The van der Waals surface area contributed by atoms with Crippen molar-refractivity contribution in [1.29, 1.82) is 0 Å². The molecule has 3 fully saturated rings. The Morgan fingerprint density at radius 3 is 2.24 bits per heavy atom. The molecule has 0 aromatic rings. The number of hydrogen-bond acceptors (Lipinski definition) is 4. The van der Waals surface area contributed by atoms with Crippen LogP contribution in [0.15, 0.2) is 23.3 Å². The third kappa shape index (κ3) is 7.14. The lowest BCUT2D eigenvalue weighted by Crippen LogP contribution is -2.50. The first-order valence-corrected chi connectivity index (χ1v) is 11.2. The SMILES string of the molecule is CC1CCCCC1.COC1C(OC(N)=O)CC[C@]2(CO2)C1/C(C)=C/CC=C(C)C. The number of primary amides is 1. The van der Waals surface area contributed by atoms with Crippen LogP contribution in [-0.4, -0.2) is 37.6 Å². The summed E-state index contributed by atoms with van der Waals surface area (Å²) < 4.78 is 16.7. The van der Waals surface area contributed by atoms with E-state index in [0.29, 0.717) is 0 Å². The second-order valence-electron chi connectivity index (χ2n) is 9.25. The molecule has 3 unspecified atom stereocenters. The number of allylic oxidation sites excluding steroid dienone is 3. The van der Waals surface area contributed by atoms with Gasteiger partial charge >= 0.3 is 6.09 Å². The Morgan fingerprint density at radius 1 is 1.14 bits per heavy atom. The summed E-state index contributed by atoms with van der Waals surface area (Å²) in [7, 11) is 1.65. The van der Waals surface area contributed by atoms with Gasteiger partial charge in [-0.05, 0) is 46.0 Å². The number of epoxide rings is 1. The molecule has 4 atom stereocenters. The largest absolute Gasteiger partial charge is 0.444 e. The molecule has 0 aromatic carbocycles. The third-order valence-corrected chi connectivity index (χ3v) is 6.52. The van der Waals surface area contributed by atoms with Gasteiger partial charge in [-0.3, -0.25) is 0 Å². The number of rotatable bonds is 5. The molecule has 1 saturated heterocycles. The summed E-state index contributed by atoms with van der Waals surface area (Å²) >= 11 is 0. The van der Waals surface area contributed by atoms with Crippen molar-refractivity contribution in [2.45, 2.75) is 96.9 Å². The van der Waals surface area contributed by atoms with Gasteiger partial charge in [0.1, 0.15) is 17.8 Å². The van der Waals surface area contributed by atoms with Gasteiger partial charge in [0.2, 0.25) is 0 Å². The highest BCUT2D eigenvalue weighted by Gasteiger charge is 2.59. The van der Waals surface area contributed by atoms with Gasteiger partial charge in [0.15, 0.2) is 0 Å². The van der Waals surface area contributed by atoms with Gasteiger partial charge in [-0.25, -0.2) is 4.79 Å². The summed E-state index contributed by atoms with van der Waals surface area (Å²) in [4.78, 5) is 11.1. The van der Waals surface area contributed by atoms with Crippen LogP contribution in [0.1, 0.15) is 79.1 Å². The Labute approximate surface area is 177 Å². The third-order valence-electron chi connectivity index (χ3n) is 6.52. The molecular formula is C24H41NO4. The molecule has 2 N–H and O–H groups in total. The predicted molar refractivity (Wildman–Crippen MR) is 117 cm³/mol. The number of amides is 1. The molecule has 1 heterocycles. The van der Waals surface area contributed by atoms with Gasteiger partial charge in [-0.1, -0.05) is 62.3 Å². The first kappa shape index (κ1) is 23.9. The molecule has 0 aromatic heterocycles. The molecule has 29 heavy (non-hydrogen) atoms. The van der Waals surface area contributed by atoms with E-state index in [1.54, 1.807) is 7.11 Å². The monoisotopic (exact) mass is 407 g/mol. The molecule has 5 heteroatoms. The highest BCUT2D eigenvalue weighted by atomic mass is 16.6. The lowest BCUT2D eigenvalue weighted by molar-refractivity contribution is -0.0872. The Bertz CT molecular complexity index is 584. The molecule has 166 valence electrons. The van der Waals surface area contributed by atoms with Gasteiger partial charge in [0.25, 0.3) is 0 Å². The fraction of sp³-hybridized carbons (Fsp3) is 0.792. The van der Waals surface area contributed by atoms with Crippen molar-refractivity contribution in [1.82, 2.24) is 0 Å². The minimum atomic E-state index is -0.746. The molecule has 5 nitrogen and oxygen atoms in total. The number of nitrogens with two attached hydrogens (primary N) is 1. The van der Waals surface area contributed by atoms with E-state index in [2.05, 4.69) is 39.8 Å². The van der Waals surface area contributed by atoms with Crippen molar-refractivity contribution in [3.05, 3.63) is 23.3 Å². The van der Waals surface area contributed by atoms with Crippen LogP contribution in [0.25, 0.3) is 0 Å². The van der Waals surface area contributed by atoms with E-state index in [4.69, 9.17) is 19.9 Å². The molecule has 2 aliphatic carbocycles. The van der Waals surface area contributed by atoms with Gasteiger partial charge in [0.05, 0.1) is 6.61 Å². The van der Waals surface area contributed by atoms with Gasteiger partial charge in [0, 0.05) is 13.0 Å². The second kappa shape index (κ2) is 11.2. The summed E-state index contributed by atoms with van der Waals surface area (Å²) in [6.07, 6.45) is 13.0. The minimum absolute atomic E-state index is 0.0983. The van der Waals surface area contributed by atoms with Crippen LogP contribution in [0.3, 0.4) is 0 Å². The standard InChI is InChI=1S/C17H27NO4.C7H14/c1-11(2)6-5-7-12(3)14-15(20-4)13(22-16(18)19)8-9-17(14)10-21-17;1-7-5-3-2-4-6-7/h6-7,13-15H,5,8-10H2,1-4H3,(H2,18,19);7H,2-6H2,1H3/b12-7+;/t13?,14?,15?,17-;/m0./s1. The first-order chi connectivity index (χ1) is 13.8. The zero-order valence-corrected chi connectivity index (χ0v) is 19.0. The van der Waals surface area contributed by atoms with E-state index in [9.17, 15) is 4.79 Å². The second-order valence-corrected chi connectivity index (χ2v) is 9.25. The molecule has 0 radical (unpaired) electrons. The Kier molecular flexibility index (Phi) is 9.22. The molecule has 3 rings (SSSR count). The van der Waals surface area contributed by atoms with E-state index in [1.807, 2.05) is 0 Å². The zero-order valence-electron chi connectivity index (χ0n) is 19.0. The summed E-state index contributed by atoms with van der Waals surface area (Å²) in [5, 5.41) is 0. The number of carbonyl (C=O) groups is 1. The van der Waals surface area contributed by atoms with Crippen LogP contribution < -0.4 is 5.73 Å². The minimum Gasteiger partial charge on any atom is -0.444 e. The van der Waals surface area contributed by atoms with Crippen LogP contribution >= 0.6 is 0 Å². The molecule has 1 amide bonds. The molecule has 1 spiro atoms. The van der Waals surface area contributed by atoms with Gasteiger partial charge < -0.3 is 19.9 Å². The average molecular weight is 408 g/mol. The van der Waals surface area contributed by atoms with Crippen LogP contribution in [0, 0.1) is 11.8 Å². The van der Waals surface area contributed by atoms with Gasteiger partial charge in [-0.2, -0.15) is 0 Å². The lowest BCUT2D eigenvalue weighted by atomic mass is 9.72. The zero-order chi connectivity index (χ0) is 21.4. The van der Waals surface area contributed by atoms with Crippen molar-refractivity contribution in [2.75, 3.05) is 13.7 Å². The highest BCUT2D eigenvalue weighted by molar-refractivity contribution is 5.64. The molecule has 1 aliphatic heterocycles. The maximum Gasteiger partial charge on any atom is 0.404 e. The maximum atomic E-state index is 11.1. The Morgan fingerprint density at radius 2 is 1.79 bits per heavy atom. The summed E-state index contributed by atoms with van der Waals surface area (Å²) in [5.74, 6) is 1.13. The predicted octanol–water partition coefficient (Wildman–Crippen LogP) is 5.53. The van der Waals surface area contributed by atoms with Crippen LogP contribution in [-0.2, 0) is 14.2 Å². The van der Waals surface area contributed by atoms with E-state index in [0.717, 1.165) is 31.8 Å². The molecular weight excluding hydrogens is 366 g/mol. The number of carbonyl (C=O) groups excluding carboxylic acids is 1. The Balaban J connectivity index is 0.000000360. The van der Waals surface area contributed by atoms with Crippen molar-refractivity contribution in [3.63, 3.8) is 0 Å². The van der Waals surface area contributed by atoms with E-state index < -0.39 is 6.09 Å². The van der Waals surface area contributed by atoms with Crippen LogP contribution in [0.5, 0.6) is 0 Å². The smallest absolute Gasteiger partial charge is 0.404 e. The van der Waals surface area contributed by atoms with E-state index in [1.165, 1.54) is 43.3 Å². The summed E-state index contributed by atoms with van der Waals surface area (Å²) in [6.45, 7) is 9.38. The van der Waals surface area contributed by atoms with Crippen molar-refractivity contribution in [2.24, 2.45) is 17.6 Å². The topological polar surface area (TPSA) is 74.1 Å². The fourth-order valence-corrected chi connectivity index (χ4v) is 4.79. The molecule has 2 saturated carbocycles. The molecule has 3 aliphatic rings. The molecule has 0 bridgehead atoms. The lowest BCUT2D eigenvalue weighted by Gasteiger charge is -2.40. The summed E-state index contributed by atoms with van der Waals surface area (Å²) in [5.41, 5.74) is 7.56. The fourth-order valence-electron chi connectivity index (χ4n) is 4.79. The number of ether oxygens (including phenoxy) is 3. The van der Waals surface area contributed by atoms with Crippen molar-refractivity contribution >= 4 is 6.09 Å². The first-order valence-electron chi connectivity index (χ1n) is 11.2.